The molecule has 0 radical (unpaired) electrons. The van der Waals surface area contributed by atoms with Crippen LogP contribution in [0.15, 0.2) is 21.9 Å². The fraction of sp³-hybridized carbons (Fsp3) is 0.500. The molecule has 0 aromatic carbocycles. The number of aromatic amines is 1. The van der Waals surface area contributed by atoms with Crippen LogP contribution >= 0.6 is 0 Å². The quantitative estimate of drug-likeness (QED) is 0.259. The summed E-state index contributed by atoms with van der Waals surface area (Å²) < 4.78 is 1.43. The zero-order valence-electron chi connectivity index (χ0n) is 9.44. The van der Waals surface area contributed by atoms with E-state index in [2.05, 4.69) is 10.4 Å². The first-order chi connectivity index (χ1) is 8.13. The molecular weight excluding hydrogens is 224 g/mol. The molecule has 7 nitrogen and oxygen atoms in total. The van der Waals surface area contributed by atoms with Crippen molar-refractivity contribution in [3.63, 3.8) is 0 Å². The molecule has 0 aliphatic heterocycles. The van der Waals surface area contributed by atoms with Gasteiger partial charge in [0, 0.05) is 25.2 Å². The van der Waals surface area contributed by atoms with Gasteiger partial charge in [-0.3, -0.25) is 20.0 Å². The van der Waals surface area contributed by atoms with Gasteiger partial charge in [0.05, 0.1) is 0 Å². The van der Waals surface area contributed by atoms with Gasteiger partial charge in [-0.05, 0) is 12.8 Å². The Kier molecular flexibility index (Phi) is 5.15. The Balaban J connectivity index is 2.29. The molecule has 1 rings (SSSR count). The van der Waals surface area contributed by atoms with Gasteiger partial charge in [0.25, 0.3) is 5.56 Å². The van der Waals surface area contributed by atoms with E-state index in [-0.39, 0.29) is 5.91 Å². The number of unbranched alkanes of at least 4 members (excludes halogenated alkanes) is 2. The normalized spacial score (nSPS) is 10.2. The van der Waals surface area contributed by atoms with Crippen molar-refractivity contribution in [2.75, 3.05) is 0 Å². The minimum Gasteiger partial charge on any atom is -0.301 e. The molecule has 1 aromatic heterocycles. The monoisotopic (exact) mass is 240 g/mol. The van der Waals surface area contributed by atoms with Gasteiger partial charge >= 0.3 is 5.69 Å². The smallest absolute Gasteiger partial charge is 0.301 e. The Bertz CT molecular complexity index is 477. The van der Waals surface area contributed by atoms with Crippen molar-refractivity contribution in [2.45, 2.75) is 32.2 Å². The first kappa shape index (κ1) is 13.2. The maximum absolute atomic E-state index is 11.3. The number of nitrogens with two attached hydrogens (primary N) is 1. The van der Waals surface area contributed by atoms with Crippen LogP contribution in [0, 0.1) is 0 Å². The summed E-state index contributed by atoms with van der Waals surface area (Å²) in [6.07, 6.45) is 4.16. The molecule has 4 N–H and O–H groups in total. The molecule has 0 spiro atoms. The lowest BCUT2D eigenvalue weighted by Gasteiger charge is -2.04. The van der Waals surface area contributed by atoms with E-state index in [4.69, 9.17) is 5.84 Å². The van der Waals surface area contributed by atoms with E-state index in [1.165, 1.54) is 16.8 Å². The Hall–Kier alpha value is -1.89. The van der Waals surface area contributed by atoms with Crippen molar-refractivity contribution in [1.29, 1.82) is 0 Å². The van der Waals surface area contributed by atoms with E-state index >= 15 is 0 Å². The van der Waals surface area contributed by atoms with Gasteiger partial charge in [0.1, 0.15) is 0 Å². The summed E-state index contributed by atoms with van der Waals surface area (Å²) in [5.41, 5.74) is 1.25. The van der Waals surface area contributed by atoms with Crippen molar-refractivity contribution in [3.8, 4) is 0 Å². The number of aromatic nitrogens is 2. The van der Waals surface area contributed by atoms with Gasteiger partial charge in [-0.25, -0.2) is 10.6 Å². The molecule has 0 saturated carbocycles. The second-order valence-electron chi connectivity index (χ2n) is 3.68. The first-order valence-electron chi connectivity index (χ1n) is 5.42. The minimum absolute atomic E-state index is 0.189. The standard InChI is InChI=1S/C10H16N4O3/c11-13-9(16)4-2-1-3-6-14-7-5-8(15)12-10(14)17/h5,7H,1-4,6,11H2,(H,13,16)(H,12,15,17). The number of nitrogens with zero attached hydrogens (tertiary/aromatic N) is 1. The summed E-state index contributed by atoms with van der Waals surface area (Å²) in [5.74, 6) is 4.74. The Morgan fingerprint density at radius 1 is 1.35 bits per heavy atom. The SMILES string of the molecule is NNC(=O)CCCCCn1ccc(=O)[nH]c1=O. The lowest BCUT2D eigenvalue weighted by atomic mass is 10.2. The van der Waals surface area contributed by atoms with Gasteiger partial charge in [-0.15, -0.1) is 0 Å². The van der Waals surface area contributed by atoms with Crippen LogP contribution in [0.4, 0.5) is 0 Å². The third kappa shape index (κ3) is 4.64. The first-order valence-corrected chi connectivity index (χ1v) is 5.42. The van der Waals surface area contributed by atoms with Gasteiger partial charge in [-0.1, -0.05) is 6.42 Å². The molecule has 7 heteroatoms. The average Bonchev–Trinajstić information content (AvgIpc) is 2.30. The molecular formula is C10H16N4O3. The molecule has 0 fully saturated rings. The molecule has 0 saturated heterocycles. The number of amides is 1. The predicted molar refractivity (Wildman–Crippen MR) is 62.1 cm³/mol. The average molecular weight is 240 g/mol. The fourth-order valence-corrected chi connectivity index (χ4v) is 1.44. The molecule has 1 amide bonds. The number of nitrogens with one attached hydrogen (secondary N) is 2. The number of hydrogen-bond acceptors (Lipinski definition) is 4. The highest BCUT2D eigenvalue weighted by atomic mass is 16.2. The van der Waals surface area contributed by atoms with Crippen LogP contribution < -0.4 is 22.5 Å². The molecule has 17 heavy (non-hydrogen) atoms. The number of hydrogen-bond donors (Lipinski definition) is 3. The van der Waals surface area contributed by atoms with Crippen LogP contribution in [-0.4, -0.2) is 15.5 Å². The number of hydrazine groups is 1. The molecule has 94 valence electrons. The van der Waals surface area contributed by atoms with Crippen molar-refractivity contribution in [2.24, 2.45) is 5.84 Å². The number of aryl methyl sites for hydroxylation is 1. The summed E-state index contributed by atoms with van der Waals surface area (Å²) >= 11 is 0. The Morgan fingerprint density at radius 2 is 2.12 bits per heavy atom. The van der Waals surface area contributed by atoms with Crippen LogP contribution in [0.3, 0.4) is 0 Å². The molecule has 0 aliphatic carbocycles. The van der Waals surface area contributed by atoms with E-state index < -0.39 is 11.2 Å². The van der Waals surface area contributed by atoms with E-state index in [1.54, 1.807) is 0 Å². The fourth-order valence-electron chi connectivity index (χ4n) is 1.44. The lowest BCUT2D eigenvalue weighted by Crippen LogP contribution is -2.29. The summed E-state index contributed by atoms with van der Waals surface area (Å²) in [6.45, 7) is 0.528. The van der Waals surface area contributed by atoms with Gasteiger partial charge < -0.3 is 4.57 Å². The molecule has 1 aromatic rings. The van der Waals surface area contributed by atoms with Gasteiger partial charge in [-0.2, -0.15) is 0 Å². The van der Waals surface area contributed by atoms with Crippen molar-refractivity contribution >= 4 is 5.91 Å². The molecule has 0 bridgehead atoms. The maximum Gasteiger partial charge on any atom is 0.328 e. The zero-order chi connectivity index (χ0) is 12.7. The topological polar surface area (TPSA) is 110 Å². The van der Waals surface area contributed by atoms with Gasteiger partial charge in [0.2, 0.25) is 5.91 Å². The summed E-state index contributed by atoms with van der Waals surface area (Å²) in [7, 11) is 0. The maximum atomic E-state index is 11.3. The summed E-state index contributed by atoms with van der Waals surface area (Å²) in [5, 5.41) is 0. The van der Waals surface area contributed by atoms with E-state index in [0.717, 1.165) is 19.3 Å². The highest BCUT2D eigenvalue weighted by Crippen LogP contribution is 2.00. The van der Waals surface area contributed by atoms with Gasteiger partial charge in [0.15, 0.2) is 0 Å². The molecule has 0 atom stereocenters. The van der Waals surface area contributed by atoms with Crippen LogP contribution in [0.1, 0.15) is 25.7 Å². The van der Waals surface area contributed by atoms with Crippen molar-refractivity contribution in [3.05, 3.63) is 33.1 Å². The number of carbonyl (C=O) groups is 1. The van der Waals surface area contributed by atoms with Crippen molar-refractivity contribution < 1.29 is 4.79 Å². The van der Waals surface area contributed by atoms with E-state index in [1.807, 2.05) is 0 Å². The van der Waals surface area contributed by atoms with Crippen LogP contribution in [0.5, 0.6) is 0 Å². The van der Waals surface area contributed by atoms with E-state index in [0.29, 0.717) is 13.0 Å². The number of carbonyl (C=O) groups excluding carboxylic acids is 1. The minimum atomic E-state index is -0.405. The lowest BCUT2D eigenvalue weighted by molar-refractivity contribution is -0.121. The van der Waals surface area contributed by atoms with Crippen LogP contribution in [0.25, 0.3) is 0 Å². The third-order valence-electron chi connectivity index (χ3n) is 2.36. The number of H-pyrrole nitrogens is 1. The second kappa shape index (κ2) is 6.64. The molecule has 0 unspecified atom stereocenters. The third-order valence-corrected chi connectivity index (χ3v) is 2.36. The molecule has 1 heterocycles. The second-order valence-corrected chi connectivity index (χ2v) is 3.68. The summed E-state index contributed by atoms with van der Waals surface area (Å²) in [6, 6.07) is 1.31. The zero-order valence-corrected chi connectivity index (χ0v) is 9.44. The summed E-state index contributed by atoms with van der Waals surface area (Å²) in [4.78, 5) is 35.1. The van der Waals surface area contributed by atoms with Crippen LogP contribution in [-0.2, 0) is 11.3 Å². The van der Waals surface area contributed by atoms with E-state index in [9.17, 15) is 14.4 Å². The predicted octanol–water partition coefficient (Wildman–Crippen LogP) is -0.913. The van der Waals surface area contributed by atoms with Crippen LogP contribution in [0.2, 0.25) is 0 Å². The number of rotatable bonds is 6. The highest BCUT2D eigenvalue weighted by molar-refractivity contribution is 5.74. The highest BCUT2D eigenvalue weighted by Gasteiger charge is 1.99. The largest absolute Gasteiger partial charge is 0.328 e. The molecule has 0 aliphatic rings. The Labute approximate surface area is 97.6 Å². The Morgan fingerprint density at radius 3 is 2.76 bits per heavy atom. The van der Waals surface area contributed by atoms with Crippen molar-refractivity contribution in [1.82, 2.24) is 15.0 Å².